The van der Waals surface area contributed by atoms with Crippen LogP contribution in [0.25, 0.3) is 0 Å². The predicted molar refractivity (Wildman–Crippen MR) is 129 cm³/mol. The van der Waals surface area contributed by atoms with Gasteiger partial charge in [-0.1, -0.05) is 101 Å². The van der Waals surface area contributed by atoms with Crippen molar-refractivity contribution >= 4 is 11.9 Å². The Bertz CT molecular complexity index is 828. The van der Waals surface area contributed by atoms with Gasteiger partial charge in [0, 0.05) is 0 Å². The first-order valence-corrected chi connectivity index (χ1v) is 12.1. The van der Waals surface area contributed by atoms with Gasteiger partial charge in [0.2, 0.25) is 0 Å². The van der Waals surface area contributed by atoms with Crippen molar-refractivity contribution in [2.24, 2.45) is 0 Å². The van der Waals surface area contributed by atoms with Crippen LogP contribution >= 0.6 is 0 Å². The van der Waals surface area contributed by atoms with E-state index < -0.39 is 11.9 Å². The molecule has 4 heteroatoms. The Hall–Kier alpha value is -2.62. The minimum absolute atomic E-state index is 0.174. The Kier molecular flexibility index (Phi) is 12.2. The SMILES string of the molecule is CCCCCCCCCCCCOC(=O)c1ccccc1C(=O)OCc1ccccc1C. The second kappa shape index (κ2) is 15.2. The molecule has 0 aromatic heterocycles. The molecule has 0 saturated carbocycles. The van der Waals surface area contributed by atoms with E-state index in [1.165, 1.54) is 51.4 Å². The molecule has 0 saturated heterocycles. The first-order valence-electron chi connectivity index (χ1n) is 12.1. The van der Waals surface area contributed by atoms with Crippen molar-refractivity contribution in [2.45, 2.75) is 84.7 Å². The molecule has 0 aliphatic carbocycles. The molecule has 0 spiro atoms. The van der Waals surface area contributed by atoms with Crippen molar-refractivity contribution in [3.8, 4) is 0 Å². The maximum atomic E-state index is 12.6. The molecule has 2 aromatic carbocycles. The van der Waals surface area contributed by atoms with Crippen LogP contribution in [0.2, 0.25) is 0 Å². The number of carbonyl (C=O) groups excluding carboxylic acids is 2. The van der Waals surface area contributed by atoms with E-state index in [4.69, 9.17) is 9.47 Å². The number of rotatable bonds is 15. The average Bonchev–Trinajstić information content (AvgIpc) is 2.81. The first kappa shape index (κ1) is 25.6. The molecule has 4 nitrogen and oxygen atoms in total. The van der Waals surface area contributed by atoms with Gasteiger partial charge in [-0.15, -0.1) is 0 Å². The van der Waals surface area contributed by atoms with Gasteiger partial charge in [0.05, 0.1) is 17.7 Å². The van der Waals surface area contributed by atoms with Gasteiger partial charge >= 0.3 is 11.9 Å². The van der Waals surface area contributed by atoms with Gasteiger partial charge in [-0.2, -0.15) is 0 Å². The van der Waals surface area contributed by atoms with E-state index in [0.717, 1.165) is 24.0 Å². The van der Waals surface area contributed by atoms with Gasteiger partial charge < -0.3 is 9.47 Å². The first-order chi connectivity index (χ1) is 15.6. The summed E-state index contributed by atoms with van der Waals surface area (Å²) in [4.78, 5) is 25.1. The van der Waals surface area contributed by atoms with Crippen molar-refractivity contribution in [3.05, 3.63) is 70.8 Å². The summed E-state index contributed by atoms with van der Waals surface area (Å²) in [5.41, 5.74) is 2.51. The van der Waals surface area contributed by atoms with Crippen LogP contribution in [0.3, 0.4) is 0 Å². The van der Waals surface area contributed by atoms with Crippen LogP contribution in [0, 0.1) is 6.92 Å². The van der Waals surface area contributed by atoms with Gasteiger partial charge in [0.1, 0.15) is 6.61 Å². The lowest BCUT2D eigenvalue weighted by molar-refractivity contribution is 0.0436. The number of aryl methyl sites for hydroxylation is 1. The summed E-state index contributed by atoms with van der Waals surface area (Å²) in [6.45, 7) is 4.77. The summed E-state index contributed by atoms with van der Waals surface area (Å²) in [7, 11) is 0. The zero-order chi connectivity index (χ0) is 23.0. The Morgan fingerprint density at radius 3 is 1.75 bits per heavy atom. The number of esters is 2. The van der Waals surface area contributed by atoms with Crippen molar-refractivity contribution in [2.75, 3.05) is 6.61 Å². The molecule has 174 valence electrons. The molecule has 2 rings (SSSR count). The van der Waals surface area contributed by atoms with Crippen molar-refractivity contribution in [1.29, 1.82) is 0 Å². The minimum atomic E-state index is -0.514. The van der Waals surface area contributed by atoms with Gasteiger partial charge in [0.15, 0.2) is 0 Å². The van der Waals surface area contributed by atoms with Crippen LogP contribution in [-0.2, 0) is 16.1 Å². The monoisotopic (exact) mass is 438 g/mol. The zero-order valence-corrected chi connectivity index (χ0v) is 19.7. The molecule has 32 heavy (non-hydrogen) atoms. The largest absolute Gasteiger partial charge is 0.462 e. The van der Waals surface area contributed by atoms with Crippen molar-refractivity contribution < 1.29 is 19.1 Å². The third kappa shape index (κ3) is 9.25. The molecular weight excluding hydrogens is 400 g/mol. The summed E-state index contributed by atoms with van der Waals surface area (Å²) >= 11 is 0. The van der Waals surface area contributed by atoms with Crippen LogP contribution < -0.4 is 0 Å². The van der Waals surface area contributed by atoms with Crippen LogP contribution in [-0.4, -0.2) is 18.5 Å². The standard InChI is InChI=1S/C28H38O4/c1-3-4-5-6-7-8-9-10-11-16-21-31-27(29)25-19-14-15-20-26(25)28(30)32-22-24-18-13-12-17-23(24)2/h12-15,17-20H,3-11,16,21-22H2,1-2H3. The Morgan fingerprint density at radius 2 is 1.16 bits per heavy atom. The summed E-state index contributed by atoms with van der Waals surface area (Å²) in [6, 6.07) is 14.4. The second-order valence-electron chi connectivity index (χ2n) is 8.37. The maximum Gasteiger partial charge on any atom is 0.339 e. The fraction of sp³-hybridized carbons (Fsp3) is 0.500. The van der Waals surface area contributed by atoms with Crippen LogP contribution in [0.1, 0.15) is 103 Å². The Labute approximate surface area is 193 Å². The van der Waals surface area contributed by atoms with E-state index in [9.17, 15) is 9.59 Å². The normalized spacial score (nSPS) is 10.7. The van der Waals surface area contributed by atoms with Crippen LogP contribution in [0.4, 0.5) is 0 Å². The van der Waals surface area contributed by atoms with E-state index >= 15 is 0 Å². The van der Waals surface area contributed by atoms with E-state index in [2.05, 4.69) is 6.92 Å². The number of benzene rings is 2. The number of unbranched alkanes of at least 4 members (excludes halogenated alkanes) is 9. The third-order valence-electron chi connectivity index (χ3n) is 5.72. The average molecular weight is 439 g/mol. The van der Waals surface area contributed by atoms with E-state index in [1.54, 1.807) is 24.3 Å². The molecule has 0 fully saturated rings. The quantitative estimate of drug-likeness (QED) is 0.214. The molecule has 0 radical (unpaired) electrons. The fourth-order valence-corrected chi connectivity index (χ4v) is 3.66. The fourth-order valence-electron chi connectivity index (χ4n) is 3.66. The minimum Gasteiger partial charge on any atom is -0.462 e. The molecule has 0 aliphatic heterocycles. The maximum absolute atomic E-state index is 12.6. The van der Waals surface area contributed by atoms with Crippen molar-refractivity contribution in [3.63, 3.8) is 0 Å². The lowest BCUT2D eigenvalue weighted by Gasteiger charge is -2.11. The Balaban J connectivity index is 1.70. The third-order valence-corrected chi connectivity index (χ3v) is 5.72. The molecule has 0 amide bonds. The number of hydrogen-bond donors (Lipinski definition) is 0. The van der Waals surface area contributed by atoms with Crippen LogP contribution in [0.5, 0.6) is 0 Å². The summed E-state index contributed by atoms with van der Waals surface area (Å²) in [6.07, 6.45) is 12.3. The highest BCUT2D eigenvalue weighted by Crippen LogP contribution is 2.15. The molecule has 0 aliphatic rings. The molecule has 0 bridgehead atoms. The zero-order valence-electron chi connectivity index (χ0n) is 19.7. The predicted octanol–water partition coefficient (Wildman–Crippen LogP) is 7.43. The molecule has 0 unspecified atom stereocenters. The van der Waals surface area contributed by atoms with Gasteiger partial charge in [-0.05, 0) is 36.6 Å². The molecule has 2 aromatic rings. The van der Waals surface area contributed by atoms with Crippen molar-refractivity contribution in [1.82, 2.24) is 0 Å². The number of carbonyl (C=O) groups is 2. The second-order valence-corrected chi connectivity index (χ2v) is 8.37. The van der Waals surface area contributed by atoms with Gasteiger partial charge in [0.25, 0.3) is 0 Å². The van der Waals surface area contributed by atoms with E-state index in [1.807, 2.05) is 31.2 Å². The Morgan fingerprint density at radius 1 is 0.656 bits per heavy atom. The highest BCUT2D eigenvalue weighted by molar-refractivity contribution is 6.03. The van der Waals surface area contributed by atoms with Crippen LogP contribution in [0.15, 0.2) is 48.5 Å². The topological polar surface area (TPSA) is 52.6 Å². The lowest BCUT2D eigenvalue weighted by atomic mass is 10.1. The smallest absolute Gasteiger partial charge is 0.339 e. The van der Waals surface area contributed by atoms with Gasteiger partial charge in [-0.3, -0.25) is 0 Å². The lowest BCUT2D eigenvalue weighted by Crippen LogP contribution is -2.14. The number of ether oxygens (including phenoxy) is 2. The molecule has 0 N–H and O–H groups in total. The summed E-state index contributed by atoms with van der Waals surface area (Å²) < 4.78 is 10.9. The summed E-state index contributed by atoms with van der Waals surface area (Å²) in [5, 5.41) is 0. The molecular formula is C28H38O4. The highest BCUT2D eigenvalue weighted by Gasteiger charge is 2.19. The summed E-state index contributed by atoms with van der Waals surface area (Å²) in [5.74, 6) is -0.982. The van der Waals surface area contributed by atoms with Gasteiger partial charge in [-0.25, -0.2) is 9.59 Å². The number of hydrogen-bond acceptors (Lipinski definition) is 4. The molecule has 0 atom stereocenters. The van der Waals surface area contributed by atoms with E-state index in [-0.39, 0.29) is 17.7 Å². The van der Waals surface area contributed by atoms with E-state index in [0.29, 0.717) is 6.61 Å². The highest BCUT2D eigenvalue weighted by atomic mass is 16.5. The molecule has 0 heterocycles.